The molecule has 1 aromatic carbocycles. The number of hydrogen-bond acceptors (Lipinski definition) is 4. The van der Waals surface area contributed by atoms with Crippen LogP contribution in [0.3, 0.4) is 0 Å². The molecular formula is C22H20FN5. The van der Waals surface area contributed by atoms with Crippen LogP contribution in [0, 0.1) is 5.82 Å². The van der Waals surface area contributed by atoms with Crippen molar-refractivity contribution in [3.05, 3.63) is 66.7 Å². The highest BCUT2D eigenvalue weighted by molar-refractivity contribution is 5.92. The fourth-order valence-corrected chi connectivity index (χ4v) is 3.99. The molecule has 0 saturated heterocycles. The number of aromatic nitrogens is 4. The number of anilines is 1. The first kappa shape index (κ1) is 16.9. The molecule has 1 fully saturated rings. The fraction of sp³-hybridized carbons (Fsp3) is 0.227. The summed E-state index contributed by atoms with van der Waals surface area (Å²) in [4.78, 5) is 0. The summed E-state index contributed by atoms with van der Waals surface area (Å²) in [5.74, 6) is 0.712. The third-order valence-electron chi connectivity index (χ3n) is 5.36. The Kier molecular flexibility index (Phi) is 4.24. The fourth-order valence-electron chi connectivity index (χ4n) is 3.99. The number of pyridine rings is 1. The van der Waals surface area contributed by atoms with E-state index in [4.69, 9.17) is 5.10 Å². The Morgan fingerprint density at radius 2 is 1.75 bits per heavy atom. The minimum absolute atomic E-state index is 0.261. The molecule has 140 valence electrons. The monoisotopic (exact) mass is 373 g/mol. The maximum Gasteiger partial charge on any atom is 0.128 e. The lowest BCUT2D eigenvalue weighted by Crippen LogP contribution is -2.16. The maximum absolute atomic E-state index is 13.5. The first-order chi connectivity index (χ1) is 13.8. The predicted molar refractivity (Wildman–Crippen MR) is 107 cm³/mol. The largest absolute Gasteiger partial charge is 0.367 e. The van der Waals surface area contributed by atoms with Crippen LogP contribution in [0.2, 0.25) is 0 Å². The summed E-state index contributed by atoms with van der Waals surface area (Å²) in [6.45, 7) is 0. The van der Waals surface area contributed by atoms with Crippen LogP contribution in [0.5, 0.6) is 0 Å². The highest BCUT2D eigenvalue weighted by Crippen LogP contribution is 2.36. The smallest absolute Gasteiger partial charge is 0.128 e. The minimum atomic E-state index is -0.261. The van der Waals surface area contributed by atoms with Crippen LogP contribution in [-0.4, -0.2) is 25.9 Å². The van der Waals surface area contributed by atoms with Crippen molar-refractivity contribution in [1.82, 2.24) is 19.8 Å². The minimum Gasteiger partial charge on any atom is -0.367 e. The summed E-state index contributed by atoms with van der Waals surface area (Å²) >= 11 is 0. The third kappa shape index (κ3) is 3.01. The molecule has 1 aliphatic carbocycles. The van der Waals surface area contributed by atoms with Gasteiger partial charge in [-0.3, -0.25) is 0 Å². The lowest BCUT2D eigenvalue weighted by atomic mass is 10.0. The van der Waals surface area contributed by atoms with Crippen molar-refractivity contribution in [2.75, 3.05) is 5.32 Å². The van der Waals surface area contributed by atoms with Crippen LogP contribution in [-0.2, 0) is 0 Å². The Labute approximate surface area is 162 Å². The van der Waals surface area contributed by atoms with Gasteiger partial charge in [0, 0.05) is 22.7 Å². The molecule has 6 heteroatoms. The van der Waals surface area contributed by atoms with Crippen LogP contribution >= 0.6 is 0 Å². The molecule has 4 aromatic rings. The maximum atomic E-state index is 13.5. The van der Waals surface area contributed by atoms with Gasteiger partial charge in [0.1, 0.15) is 17.3 Å². The Morgan fingerprint density at radius 3 is 2.50 bits per heavy atom. The summed E-state index contributed by atoms with van der Waals surface area (Å²) in [7, 11) is 0. The van der Waals surface area contributed by atoms with Gasteiger partial charge >= 0.3 is 0 Å². The van der Waals surface area contributed by atoms with Crippen molar-refractivity contribution < 1.29 is 4.39 Å². The van der Waals surface area contributed by atoms with E-state index >= 15 is 0 Å². The number of fused-ring (bicyclic) bond motifs is 1. The zero-order valence-electron chi connectivity index (χ0n) is 15.3. The first-order valence-electron chi connectivity index (χ1n) is 9.61. The molecule has 3 aromatic heterocycles. The van der Waals surface area contributed by atoms with Crippen LogP contribution < -0.4 is 5.32 Å². The van der Waals surface area contributed by atoms with Crippen molar-refractivity contribution in [1.29, 1.82) is 0 Å². The van der Waals surface area contributed by atoms with E-state index in [0.29, 0.717) is 6.04 Å². The highest BCUT2D eigenvalue weighted by atomic mass is 19.1. The second kappa shape index (κ2) is 7.03. The predicted octanol–water partition coefficient (Wildman–Crippen LogP) is 4.95. The van der Waals surface area contributed by atoms with Crippen molar-refractivity contribution >= 4 is 11.3 Å². The Morgan fingerprint density at radius 1 is 0.929 bits per heavy atom. The van der Waals surface area contributed by atoms with Crippen LogP contribution in [0.1, 0.15) is 25.7 Å². The molecule has 0 spiro atoms. The average molecular weight is 373 g/mol. The van der Waals surface area contributed by atoms with Crippen LogP contribution in [0.25, 0.3) is 27.9 Å². The number of nitrogens with zero attached hydrogens (tertiary/aromatic N) is 4. The van der Waals surface area contributed by atoms with Gasteiger partial charge in [-0.1, -0.05) is 18.9 Å². The van der Waals surface area contributed by atoms with Crippen molar-refractivity contribution in [3.63, 3.8) is 0 Å². The topological polar surface area (TPSA) is 55.1 Å². The molecule has 0 atom stereocenters. The van der Waals surface area contributed by atoms with Crippen LogP contribution in [0.15, 0.2) is 60.9 Å². The van der Waals surface area contributed by atoms with Gasteiger partial charge in [-0.25, -0.2) is 8.91 Å². The number of hydrogen-bond donors (Lipinski definition) is 1. The molecule has 28 heavy (non-hydrogen) atoms. The molecule has 3 heterocycles. The van der Waals surface area contributed by atoms with Crippen molar-refractivity contribution in [3.8, 4) is 22.4 Å². The second-order valence-corrected chi connectivity index (χ2v) is 7.20. The Hall–Kier alpha value is -3.28. The second-order valence-electron chi connectivity index (χ2n) is 7.20. The standard InChI is InChI=1S/C22H20FN5/c23-17-10-8-15(9-11-17)22-21(16-12-13-24-25-14-16)19-6-3-7-20(28(19)27-22)26-18-4-1-2-5-18/h3,6-14,18,26H,1-2,4-5H2. The lowest BCUT2D eigenvalue weighted by Gasteiger charge is -2.14. The zero-order chi connectivity index (χ0) is 18.9. The molecule has 1 N–H and O–H groups in total. The molecule has 0 radical (unpaired) electrons. The molecule has 0 aliphatic heterocycles. The van der Waals surface area contributed by atoms with Gasteiger partial charge in [0.05, 0.1) is 17.9 Å². The Bertz CT molecular complexity index is 1100. The molecule has 0 amide bonds. The normalized spacial score (nSPS) is 14.6. The average Bonchev–Trinajstić information content (AvgIpc) is 3.37. The molecule has 5 rings (SSSR count). The van der Waals surface area contributed by atoms with E-state index in [1.165, 1.54) is 37.8 Å². The number of benzene rings is 1. The third-order valence-corrected chi connectivity index (χ3v) is 5.36. The molecular weight excluding hydrogens is 353 g/mol. The van der Waals surface area contributed by atoms with Gasteiger partial charge in [-0.2, -0.15) is 15.3 Å². The summed E-state index contributed by atoms with van der Waals surface area (Å²) in [6.07, 6.45) is 8.31. The molecule has 0 unspecified atom stereocenters. The van der Waals surface area contributed by atoms with E-state index in [1.54, 1.807) is 24.5 Å². The van der Waals surface area contributed by atoms with E-state index in [1.807, 2.05) is 16.6 Å². The molecule has 1 aliphatic rings. The van der Waals surface area contributed by atoms with Gasteiger partial charge in [-0.15, -0.1) is 0 Å². The quantitative estimate of drug-likeness (QED) is 0.550. The van der Waals surface area contributed by atoms with E-state index < -0.39 is 0 Å². The van der Waals surface area contributed by atoms with Crippen molar-refractivity contribution in [2.45, 2.75) is 31.7 Å². The summed E-state index contributed by atoms with van der Waals surface area (Å²) < 4.78 is 15.4. The highest BCUT2D eigenvalue weighted by Gasteiger charge is 2.20. The summed E-state index contributed by atoms with van der Waals surface area (Å²) in [5, 5.41) is 16.5. The van der Waals surface area contributed by atoms with Crippen LogP contribution in [0.4, 0.5) is 10.2 Å². The summed E-state index contributed by atoms with van der Waals surface area (Å²) in [5.41, 5.74) is 4.55. The number of rotatable bonds is 4. The lowest BCUT2D eigenvalue weighted by molar-refractivity contribution is 0.628. The van der Waals surface area contributed by atoms with E-state index in [0.717, 1.165) is 33.7 Å². The Balaban J connectivity index is 1.71. The molecule has 1 saturated carbocycles. The van der Waals surface area contributed by atoms with Gasteiger partial charge in [0.25, 0.3) is 0 Å². The van der Waals surface area contributed by atoms with E-state index in [9.17, 15) is 4.39 Å². The van der Waals surface area contributed by atoms with E-state index in [2.05, 4.69) is 27.6 Å². The number of nitrogens with one attached hydrogen (secondary N) is 1. The zero-order valence-corrected chi connectivity index (χ0v) is 15.3. The van der Waals surface area contributed by atoms with Gasteiger partial charge < -0.3 is 5.32 Å². The first-order valence-corrected chi connectivity index (χ1v) is 9.61. The van der Waals surface area contributed by atoms with Gasteiger partial charge in [0.2, 0.25) is 0 Å². The van der Waals surface area contributed by atoms with Gasteiger partial charge in [-0.05, 0) is 55.3 Å². The molecule has 5 nitrogen and oxygen atoms in total. The number of halogens is 1. The van der Waals surface area contributed by atoms with E-state index in [-0.39, 0.29) is 5.82 Å². The summed E-state index contributed by atoms with van der Waals surface area (Å²) in [6, 6.07) is 15.0. The van der Waals surface area contributed by atoms with Crippen molar-refractivity contribution in [2.24, 2.45) is 0 Å². The SMILES string of the molecule is Fc1ccc(-c2nn3c(NC4CCCC4)cccc3c2-c2ccnnc2)cc1. The molecule has 0 bridgehead atoms. The van der Waals surface area contributed by atoms with Gasteiger partial charge in [0.15, 0.2) is 0 Å².